The summed E-state index contributed by atoms with van der Waals surface area (Å²) < 4.78 is 28.1. The molecule has 0 fully saturated rings. The summed E-state index contributed by atoms with van der Waals surface area (Å²) in [4.78, 5) is 13.2. The van der Waals surface area contributed by atoms with Crippen LogP contribution >= 0.6 is 11.6 Å². The van der Waals surface area contributed by atoms with Crippen molar-refractivity contribution in [2.45, 2.75) is 37.1 Å². The molecule has 0 bridgehead atoms. The van der Waals surface area contributed by atoms with Crippen LogP contribution in [0.3, 0.4) is 0 Å². The fourth-order valence-corrected chi connectivity index (χ4v) is 5.66. The van der Waals surface area contributed by atoms with Crippen molar-refractivity contribution in [3.63, 3.8) is 0 Å². The Morgan fingerprint density at radius 2 is 1.81 bits per heavy atom. The third kappa shape index (κ3) is 4.81. The van der Waals surface area contributed by atoms with Crippen molar-refractivity contribution >= 4 is 33.2 Å². The summed E-state index contributed by atoms with van der Waals surface area (Å²) in [6.45, 7) is 1.55. The van der Waals surface area contributed by atoms with E-state index in [0.717, 1.165) is 34.7 Å². The van der Waals surface area contributed by atoms with Gasteiger partial charge in [0, 0.05) is 5.02 Å². The lowest BCUT2D eigenvalue weighted by molar-refractivity contribution is -0.120. The molecule has 32 heavy (non-hydrogen) atoms. The Labute approximate surface area is 194 Å². The molecule has 0 saturated heterocycles. The smallest absolute Gasteiger partial charge is 0.264 e. The molecule has 0 saturated carbocycles. The number of sulfonamides is 1. The monoisotopic (exact) mass is 468 g/mol. The van der Waals surface area contributed by atoms with E-state index in [-0.39, 0.29) is 23.4 Å². The van der Waals surface area contributed by atoms with Crippen LogP contribution < -0.4 is 9.62 Å². The first-order valence-electron chi connectivity index (χ1n) is 10.6. The Balaban J connectivity index is 1.63. The van der Waals surface area contributed by atoms with E-state index in [9.17, 15) is 13.2 Å². The van der Waals surface area contributed by atoms with Gasteiger partial charge in [-0.1, -0.05) is 59.6 Å². The minimum absolute atomic E-state index is 0.124. The van der Waals surface area contributed by atoms with Crippen molar-refractivity contribution in [1.29, 1.82) is 0 Å². The Morgan fingerprint density at radius 3 is 2.56 bits per heavy atom. The summed E-state index contributed by atoms with van der Waals surface area (Å²) in [5.41, 5.74) is 3.62. The maximum Gasteiger partial charge on any atom is 0.264 e. The number of halogens is 1. The number of anilines is 1. The van der Waals surface area contributed by atoms with E-state index in [1.165, 1.54) is 5.56 Å². The Morgan fingerprint density at radius 1 is 1.06 bits per heavy atom. The van der Waals surface area contributed by atoms with Gasteiger partial charge in [-0.05, 0) is 67.6 Å². The number of nitrogens with zero attached hydrogens (tertiary/aromatic N) is 1. The van der Waals surface area contributed by atoms with E-state index in [1.54, 1.807) is 48.5 Å². The molecule has 0 heterocycles. The zero-order valence-electron chi connectivity index (χ0n) is 17.8. The molecule has 0 radical (unpaired) electrons. The standard InChI is InChI=1S/C25H25ClN2O3S/c1-18-12-14-22(15-13-18)32(30,31)28(21-9-5-8-20(26)16-21)17-25(29)27-24-11-4-7-19-6-2-3-10-23(19)24/h2-3,5-6,8-10,12-16,24H,4,7,11,17H2,1H3,(H,27,29)/t24-/m0/s1. The molecule has 166 valence electrons. The van der Waals surface area contributed by atoms with Crippen molar-refractivity contribution < 1.29 is 13.2 Å². The molecule has 0 unspecified atom stereocenters. The number of benzene rings is 3. The van der Waals surface area contributed by atoms with Crippen LogP contribution in [0.15, 0.2) is 77.7 Å². The average Bonchev–Trinajstić information content (AvgIpc) is 2.78. The summed E-state index contributed by atoms with van der Waals surface area (Å²) in [5, 5.41) is 3.44. The Hall–Kier alpha value is -2.83. The first-order valence-corrected chi connectivity index (χ1v) is 12.4. The van der Waals surface area contributed by atoms with Crippen LogP contribution in [0.1, 0.15) is 35.6 Å². The average molecular weight is 469 g/mol. The molecule has 7 heteroatoms. The van der Waals surface area contributed by atoms with Crippen molar-refractivity contribution in [2.75, 3.05) is 10.8 Å². The molecule has 1 amide bonds. The first-order chi connectivity index (χ1) is 15.3. The molecule has 4 rings (SSSR count). The number of rotatable bonds is 6. The molecule has 0 spiro atoms. The summed E-state index contributed by atoms with van der Waals surface area (Å²) in [7, 11) is -3.97. The van der Waals surface area contributed by atoms with Crippen molar-refractivity contribution in [2.24, 2.45) is 0 Å². The van der Waals surface area contributed by atoms with Gasteiger partial charge in [0.05, 0.1) is 16.6 Å². The van der Waals surface area contributed by atoms with E-state index in [4.69, 9.17) is 11.6 Å². The number of hydrogen-bond donors (Lipinski definition) is 1. The molecule has 1 atom stereocenters. The molecule has 5 nitrogen and oxygen atoms in total. The fraction of sp³-hybridized carbons (Fsp3) is 0.240. The number of aryl methyl sites for hydroxylation is 2. The quantitative estimate of drug-likeness (QED) is 0.551. The summed E-state index contributed by atoms with van der Waals surface area (Å²) >= 11 is 6.13. The molecule has 1 N–H and O–H groups in total. The number of carbonyl (C=O) groups is 1. The largest absolute Gasteiger partial charge is 0.348 e. The number of carbonyl (C=O) groups excluding carboxylic acids is 1. The Kier molecular flexibility index (Phi) is 6.53. The van der Waals surface area contributed by atoms with Gasteiger partial charge < -0.3 is 5.32 Å². The highest BCUT2D eigenvalue weighted by Gasteiger charge is 2.29. The van der Waals surface area contributed by atoms with Gasteiger partial charge in [0.1, 0.15) is 6.54 Å². The van der Waals surface area contributed by atoms with Crippen LogP contribution in [-0.4, -0.2) is 20.9 Å². The zero-order valence-corrected chi connectivity index (χ0v) is 19.4. The number of nitrogens with one attached hydrogen (secondary N) is 1. The van der Waals surface area contributed by atoms with Crippen LogP contribution in [0.4, 0.5) is 5.69 Å². The van der Waals surface area contributed by atoms with Gasteiger partial charge in [-0.15, -0.1) is 0 Å². The second-order valence-corrected chi connectivity index (χ2v) is 10.3. The molecule has 1 aliphatic carbocycles. The zero-order chi connectivity index (χ0) is 22.7. The third-order valence-electron chi connectivity index (χ3n) is 5.70. The second kappa shape index (κ2) is 9.35. The van der Waals surface area contributed by atoms with Crippen molar-refractivity contribution in [3.05, 3.63) is 94.5 Å². The van der Waals surface area contributed by atoms with E-state index >= 15 is 0 Å². The third-order valence-corrected chi connectivity index (χ3v) is 7.72. The highest BCUT2D eigenvalue weighted by atomic mass is 35.5. The van der Waals surface area contributed by atoms with Gasteiger partial charge in [-0.2, -0.15) is 0 Å². The van der Waals surface area contributed by atoms with Gasteiger partial charge in [0.25, 0.3) is 10.0 Å². The maximum absolute atomic E-state index is 13.5. The highest BCUT2D eigenvalue weighted by molar-refractivity contribution is 7.92. The highest BCUT2D eigenvalue weighted by Crippen LogP contribution is 2.30. The molecular weight excluding hydrogens is 444 g/mol. The second-order valence-electron chi connectivity index (χ2n) is 8.02. The molecule has 0 aliphatic heterocycles. The lowest BCUT2D eigenvalue weighted by atomic mass is 9.88. The van der Waals surface area contributed by atoms with Crippen LogP contribution in [0, 0.1) is 6.92 Å². The van der Waals surface area contributed by atoms with Gasteiger partial charge in [0.2, 0.25) is 5.91 Å². The molecule has 1 aliphatic rings. The number of hydrogen-bond acceptors (Lipinski definition) is 3. The van der Waals surface area contributed by atoms with E-state index < -0.39 is 10.0 Å². The number of fused-ring (bicyclic) bond motifs is 1. The van der Waals surface area contributed by atoms with Crippen LogP contribution in [0.5, 0.6) is 0 Å². The van der Waals surface area contributed by atoms with Gasteiger partial charge in [0.15, 0.2) is 0 Å². The minimum Gasteiger partial charge on any atom is -0.348 e. The summed E-state index contributed by atoms with van der Waals surface area (Å²) in [5.74, 6) is -0.359. The van der Waals surface area contributed by atoms with E-state index in [2.05, 4.69) is 11.4 Å². The maximum atomic E-state index is 13.5. The lowest BCUT2D eigenvalue weighted by Crippen LogP contribution is -2.42. The molecule has 0 aromatic heterocycles. The molecule has 3 aromatic carbocycles. The predicted molar refractivity (Wildman–Crippen MR) is 127 cm³/mol. The van der Waals surface area contributed by atoms with Crippen LogP contribution in [0.2, 0.25) is 5.02 Å². The molecular formula is C25H25ClN2O3S. The number of amides is 1. The summed E-state index contributed by atoms with van der Waals surface area (Å²) in [6.07, 6.45) is 2.78. The van der Waals surface area contributed by atoms with Crippen molar-refractivity contribution in [3.8, 4) is 0 Å². The van der Waals surface area contributed by atoms with Crippen molar-refractivity contribution in [1.82, 2.24) is 5.32 Å². The summed E-state index contributed by atoms with van der Waals surface area (Å²) in [6, 6.07) is 21.0. The lowest BCUT2D eigenvalue weighted by Gasteiger charge is -2.29. The normalized spacial score (nSPS) is 15.6. The van der Waals surface area contributed by atoms with E-state index in [0.29, 0.717) is 10.7 Å². The fourth-order valence-electron chi connectivity index (χ4n) is 4.06. The minimum atomic E-state index is -3.97. The van der Waals surface area contributed by atoms with Gasteiger partial charge >= 0.3 is 0 Å². The topological polar surface area (TPSA) is 66.5 Å². The Bertz CT molecular complexity index is 1230. The SMILES string of the molecule is Cc1ccc(S(=O)(=O)N(CC(=O)N[C@H]2CCCc3ccccc32)c2cccc(Cl)c2)cc1. The van der Waals surface area contributed by atoms with Crippen LogP contribution in [0.25, 0.3) is 0 Å². The predicted octanol–water partition coefficient (Wildman–Crippen LogP) is 5.04. The first kappa shape index (κ1) is 22.4. The van der Waals surface area contributed by atoms with Gasteiger partial charge in [-0.3, -0.25) is 9.10 Å². The molecule has 3 aromatic rings. The van der Waals surface area contributed by atoms with E-state index in [1.807, 2.05) is 25.1 Å². The van der Waals surface area contributed by atoms with Crippen LogP contribution in [-0.2, 0) is 21.2 Å². The van der Waals surface area contributed by atoms with Gasteiger partial charge in [-0.25, -0.2) is 8.42 Å².